The number of nitrogens with zero attached hydrogens (tertiary/aromatic N) is 1. The molecule has 180 valence electrons. The fourth-order valence-electron chi connectivity index (χ4n) is 3.97. The molecule has 35 heavy (non-hydrogen) atoms. The Balaban J connectivity index is 1.67. The Morgan fingerprint density at radius 1 is 0.943 bits per heavy atom. The third-order valence-electron chi connectivity index (χ3n) is 5.91. The first-order chi connectivity index (χ1) is 16.8. The smallest absolute Gasteiger partial charge is 0.326 e. The number of halogens is 1. The first kappa shape index (κ1) is 23.7. The predicted molar refractivity (Wildman–Crippen MR) is 127 cm³/mol. The third-order valence-corrected chi connectivity index (χ3v) is 5.91. The second-order valence-corrected chi connectivity index (χ2v) is 8.04. The van der Waals surface area contributed by atoms with Crippen LogP contribution in [0, 0.1) is 12.7 Å². The number of hydrogen-bond acceptors (Lipinski definition) is 5. The number of hydrogen-bond donors (Lipinski definition) is 2. The molecule has 0 atom stereocenters. The molecule has 0 radical (unpaired) electrons. The van der Waals surface area contributed by atoms with Gasteiger partial charge in [-0.25, -0.2) is 9.18 Å². The van der Waals surface area contributed by atoms with Crippen molar-refractivity contribution < 1.29 is 28.2 Å². The molecule has 1 aliphatic rings. The third kappa shape index (κ3) is 4.40. The molecule has 3 aromatic carbocycles. The molecule has 3 aromatic rings. The average molecular weight is 477 g/mol. The Bertz CT molecular complexity index is 1230. The van der Waals surface area contributed by atoms with Crippen molar-refractivity contribution in [3.63, 3.8) is 0 Å². The van der Waals surface area contributed by atoms with Crippen molar-refractivity contribution in [2.24, 2.45) is 0 Å². The number of imide groups is 1. The maximum absolute atomic E-state index is 13.8. The Kier molecular flexibility index (Phi) is 6.42. The lowest BCUT2D eigenvalue weighted by Gasteiger charge is -2.28. The summed E-state index contributed by atoms with van der Waals surface area (Å²) in [7, 11) is 3.05. The quantitative estimate of drug-likeness (QED) is 0.507. The van der Waals surface area contributed by atoms with Gasteiger partial charge in [0.1, 0.15) is 23.9 Å². The van der Waals surface area contributed by atoms with Crippen LogP contribution in [0.15, 0.2) is 66.7 Å². The molecular formula is C26H24FN3O5. The van der Waals surface area contributed by atoms with E-state index in [1.165, 1.54) is 26.4 Å². The van der Waals surface area contributed by atoms with Crippen molar-refractivity contribution >= 4 is 23.5 Å². The van der Waals surface area contributed by atoms with Gasteiger partial charge >= 0.3 is 6.03 Å². The van der Waals surface area contributed by atoms with Gasteiger partial charge in [-0.2, -0.15) is 0 Å². The molecule has 0 aliphatic carbocycles. The van der Waals surface area contributed by atoms with Gasteiger partial charge in [-0.3, -0.25) is 14.5 Å². The fourth-order valence-corrected chi connectivity index (χ4v) is 3.97. The predicted octanol–water partition coefficient (Wildman–Crippen LogP) is 3.59. The van der Waals surface area contributed by atoms with Gasteiger partial charge in [-0.15, -0.1) is 0 Å². The van der Waals surface area contributed by atoms with Crippen molar-refractivity contribution in [1.82, 2.24) is 10.2 Å². The van der Waals surface area contributed by atoms with Crippen molar-refractivity contribution in [2.75, 3.05) is 26.1 Å². The molecule has 1 heterocycles. The number of carbonyl (C=O) groups excluding carboxylic acids is 3. The molecule has 4 amide bonds. The highest BCUT2D eigenvalue weighted by Crippen LogP contribution is 2.37. The lowest BCUT2D eigenvalue weighted by Crippen LogP contribution is -2.45. The van der Waals surface area contributed by atoms with Gasteiger partial charge in [0.2, 0.25) is 5.91 Å². The molecule has 1 fully saturated rings. The van der Waals surface area contributed by atoms with Crippen LogP contribution in [0.2, 0.25) is 0 Å². The minimum atomic E-state index is -1.56. The van der Waals surface area contributed by atoms with E-state index in [1.54, 1.807) is 61.5 Å². The van der Waals surface area contributed by atoms with Gasteiger partial charge in [-0.1, -0.05) is 30.3 Å². The highest BCUT2D eigenvalue weighted by atomic mass is 19.1. The van der Waals surface area contributed by atoms with E-state index < -0.39 is 35.7 Å². The number of urea groups is 1. The van der Waals surface area contributed by atoms with Crippen molar-refractivity contribution in [3.8, 4) is 11.5 Å². The Morgan fingerprint density at radius 2 is 1.49 bits per heavy atom. The number of ether oxygens (including phenoxy) is 2. The zero-order valence-corrected chi connectivity index (χ0v) is 19.4. The van der Waals surface area contributed by atoms with Crippen LogP contribution in [0.1, 0.15) is 16.7 Å². The summed E-state index contributed by atoms with van der Waals surface area (Å²) in [6.07, 6.45) is 0. The molecule has 0 aromatic heterocycles. The van der Waals surface area contributed by atoms with Crippen LogP contribution in [0.3, 0.4) is 0 Å². The second-order valence-electron chi connectivity index (χ2n) is 8.04. The largest absolute Gasteiger partial charge is 0.497 e. The van der Waals surface area contributed by atoms with Crippen LogP contribution in [0.4, 0.5) is 14.9 Å². The zero-order valence-electron chi connectivity index (χ0n) is 19.4. The lowest BCUT2D eigenvalue weighted by molar-refractivity contribution is -0.133. The SMILES string of the molecule is COc1ccc(C2(c3ccc(OC)cc3)NC(=O)N(CC(=O)Nc3ccc(C)c(F)c3)C2=O)cc1. The number of carbonyl (C=O) groups is 3. The van der Waals surface area contributed by atoms with E-state index in [0.29, 0.717) is 28.2 Å². The summed E-state index contributed by atoms with van der Waals surface area (Å²) in [5, 5.41) is 5.31. The molecule has 8 nitrogen and oxygen atoms in total. The second kappa shape index (κ2) is 9.46. The van der Waals surface area contributed by atoms with E-state index in [1.807, 2.05) is 0 Å². The molecule has 2 N–H and O–H groups in total. The molecule has 0 saturated carbocycles. The monoisotopic (exact) mass is 477 g/mol. The van der Waals surface area contributed by atoms with Crippen LogP contribution in [-0.2, 0) is 15.1 Å². The summed E-state index contributed by atoms with van der Waals surface area (Å²) in [6, 6.07) is 17.0. The highest BCUT2D eigenvalue weighted by Gasteiger charge is 2.54. The van der Waals surface area contributed by atoms with Gasteiger partial charge in [-0.05, 0) is 60.0 Å². The summed E-state index contributed by atoms with van der Waals surface area (Å²) in [6.45, 7) is 1.06. The topological polar surface area (TPSA) is 97.0 Å². The number of methoxy groups -OCH3 is 2. The number of anilines is 1. The maximum atomic E-state index is 13.8. The number of nitrogens with one attached hydrogen (secondary N) is 2. The van der Waals surface area contributed by atoms with Crippen molar-refractivity contribution in [1.29, 1.82) is 0 Å². The van der Waals surface area contributed by atoms with E-state index >= 15 is 0 Å². The molecule has 0 spiro atoms. The molecule has 4 rings (SSSR count). The van der Waals surface area contributed by atoms with E-state index in [0.717, 1.165) is 4.90 Å². The molecule has 9 heteroatoms. The number of amides is 4. The van der Waals surface area contributed by atoms with Crippen LogP contribution in [0.5, 0.6) is 11.5 Å². The summed E-state index contributed by atoms with van der Waals surface area (Å²) in [5.74, 6) is -0.579. The fraction of sp³-hybridized carbons (Fsp3) is 0.192. The van der Waals surface area contributed by atoms with Gasteiger partial charge in [0, 0.05) is 5.69 Å². The van der Waals surface area contributed by atoms with Gasteiger partial charge < -0.3 is 20.1 Å². The van der Waals surface area contributed by atoms with Gasteiger partial charge in [0.05, 0.1) is 14.2 Å². The first-order valence-electron chi connectivity index (χ1n) is 10.8. The van der Waals surface area contributed by atoms with E-state index in [2.05, 4.69) is 10.6 Å². The summed E-state index contributed by atoms with van der Waals surface area (Å²) in [5.41, 5.74) is 0.0737. The highest BCUT2D eigenvalue weighted by molar-refractivity contribution is 6.12. The number of benzene rings is 3. The van der Waals surface area contributed by atoms with Gasteiger partial charge in [0.25, 0.3) is 5.91 Å². The Morgan fingerprint density at radius 3 is 1.97 bits per heavy atom. The summed E-state index contributed by atoms with van der Waals surface area (Å²) < 4.78 is 24.3. The molecule has 0 bridgehead atoms. The standard InChI is InChI=1S/C26H24FN3O5/c1-16-4-9-19(14-22(16)27)28-23(31)15-30-24(32)26(29-25(30)33,17-5-10-20(34-2)11-6-17)18-7-12-21(35-3)13-8-18/h4-14H,15H2,1-3H3,(H,28,31)(H,29,33). The zero-order chi connectivity index (χ0) is 25.2. The minimum Gasteiger partial charge on any atom is -0.497 e. The van der Waals surface area contributed by atoms with E-state index in [9.17, 15) is 18.8 Å². The normalized spacial score (nSPS) is 14.5. The lowest BCUT2D eigenvalue weighted by atomic mass is 9.82. The Labute approximate surface area is 201 Å². The minimum absolute atomic E-state index is 0.224. The summed E-state index contributed by atoms with van der Waals surface area (Å²) >= 11 is 0. The average Bonchev–Trinajstić information content (AvgIpc) is 3.12. The molecule has 1 saturated heterocycles. The molecule has 1 aliphatic heterocycles. The van der Waals surface area contributed by atoms with Crippen LogP contribution in [-0.4, -0.2) is 43.5 Å². The van der Waals surface area contributed by atoms with E-state index in [4.69, 9.17) is 9.47 Å². The van der Waals surface area contributed by atoms with Crippen LogP contribution < -0.4 is 20.1 Å². The molecule has 0 unspecified atom stereocenters. The van der Waals surface area contributed by atoms with Crippen LogP contribution in [0.25, 0.3) is 0 Å². The van der Waals surface area contributed by atoms with Crippen LogP contribution >= 0.6 is 0 Å². The van der Waals surface area contributed by atoms with Gasteiger partial charge in [0.15, 0.2) is 5.54 Å². The first-order valence-corrected chi connectivity index (χ1v) is 10.8. The van der Waals surface area contributed by atoms with E-state index in [-0.39, 0.29) is 5.69 Å². The summed E-state index contributed by atoms with van der Waals surface area (Å²) in [4.78, 5) is 40.3. The number of rotatable bonds is 7. The number of aryl methyl sites for hydroxylation is 1. The van der Waals surface area contributed by atoms with Crippen molar-refractivity contribution in [3.05, 3.63) is 89.2 Å². The maximum Gasteiger partial charge on any atom is 0.326 e. The molecular weight excluding hydrogens is 453 g/mol. The van der Waals surface area contributed by atoms with Crippen molar-refractivity contribution in [2.45, 2.75) is 12.5 Å². The Hall–Kier alpha value is -4.40.